The number of unbranched alkanes of at least 4 members (excludes halogenated alkanes) is 1. The molecule has 1 unspecified atom stereocenters. The molecule has 1 N–H and O–H groups in total. The maximum atomic E-state index is 5.33. The van der Waals surface area contributed by atoms with Crippen LogP contribution in [0.3, 0.4) is 0 Å². The number of hydrogen-bond donors (Lipinski definition) is 1. The van der Waals surface area contributed by atoms with Crippen LogP contribution in [-0.2, 0) is 0 Å². The molecule has 0 saturated heterocycles. The number of hydrogen-bond acceptors (Lipinski definition) is 1. The van der Waals surface area contributed by atoms with Gasteiger partial charge in [0.2, 0.25) is 0 Å². The average Bonchev–Trinajstić information content (AvgIpc) is 2.38. The fraction of sp³-hybridized carbons (Fsp3) is 0.529. The Bertz CT molecular complexity index is 348. The van der Waals surface area contributed by atoms with Crippen molar-refractivity contribution in [2.75, 3.05) is 13.1 Å². The van der Waals surface area contributed by atoms with Crippen molar-refractivity contribution >= 4 is 0 Å². The van der Waals surface area contributed by atoms with Crippen LogP contribution in [0, 0.1) is 18.3 Å². The summed E-state index contributed by atoms with van der Waals surface area (Å²) in [5, 5.41) is 3.56. The molecule has 0 bridgehead atoms. The first-order valence-electron chi connectivity index (χ1n) is 6.93. The summed E-state index contributed by atoms with van der Waals surface area (Å²) >= 11 is 0. The summed E-state index contributed by atoms with van der Waals surface area (Å²) in [5.41, 5.74) is 1.42. The van der Waals surface area contributed by atoms with Gasteiger partial charge in [0.1, 0.15) is 0 Å². The van der Waals surface area contributed by atoms with E-state index in [0.717, 1.165) is 25.9 Å². The van der Waals surface area contributed by atoms with Gasteiger partial charge in [-0.3, -0.25) is 0 Å². The van der Waals surface area contributed by atoms with Gasteiger partial charge in [-0.2, -0.15) is 0 Å². The van der Waals surface area contributed by atoms with Crippen LogP contribution >= 0.6 is 0 Å². The molecule has 0 saturated carbocycles. The third-order valence-electron chi connectivity index (χ3n) is 3.09. The predicted molar refractivity (Wildman–Crippen MR) is 79.6 cm³/mol. The van der Waals surface area contributed by atoms with Crippen LogP contribution in [-0.4, -0.2) is 13.1 Å². The molecule has 18 heavy (non-hydrogen) atoms. The zero-order valence-corrected chi connectivity index (χ0v) is 11.7. The third kappa shape index (κ3) is 5.89. The number of benzene rings is 1. The molecule has 0 aromatic heterocycles. The molecule has 1 atom stereocenters. The number of nitrogens with one attached hydrogen (secondary N) is 1. The van der Waals surface area contributed by atoms with E-state index in [0.29, 0.717) is 11.8 Å². The molecule has 0 aliphatic heterocycles. The van der Waals surface area contributed by atoms with Crippen molar-refractivity contribution in [1.82, 2.24) is 5.32 Å². The molecule has 0 fully saturated rings. The van der Waals surface area contributed by atoms with Crippen LogP contribution in [0.2, 0.25) is 0 Å². The lowest BCUT2D eigenvalue weighted by atomic mass is 9.93. The summed E-state index contributed by atoms with van der Waals surface area (Å²) in [6.45, 7) is 6.61. The van der Waals surface area contributed by atoms with Crippen molar-refractivity contribution in [2.24, 2.45) is 5.92 Å². The summed E-state index contributed by atoms with van der Waals surface area (Å²) in [7, 11) is 0. The topological polar surface area (TPSA) is 12.0 Å². The van der Waals surface area contributed by atoms with E-state index in [4.69, 9.17) is 6.42 Å². The van der Waals surface area contributed by atoms with Gasteiger partial charge in [-0.05, 0) is 36.8 Å². The first-order valence-corrected chi connectivity index (χ1v) is 6.93. The van der Waals surface area contributed by atoms with Gasteiger partial charge >= 0.3 is 0 Å². The third-order valence-corrected chi connectivity index (χ3v) is 3.09. The van der Waals surface area contributed by atoms with Crippen LogP contribution in [0.1, 0.15) is 44.6 Å². The summed E-state index contributed by atoms with van der Waals surface area (Å²) in [5.74, 6) is 4.01. The Morgan fingerprint density at radius 1 is 1.17 bits per heavy atom. The van der Waals surface area contributed by atoms with E-state index >= 15 is 0 Å². The predicted octanol–water partition coefficient (Wildman–Crippen LogP) is 3.82. The second kappa shape index (κ2) is 8.78. The van der Waals surface area contributed by atoms with Gasteiger partial charge in [0, 0.05) is 13.0 Å². The van der Waals surface area contributed by atoms with Crippen LogP contribution in [0.5, 0.6) is 0 Å². The van der Waals surface area contributed by atoms with Gasteiger partial charge in [0.25, 0.3) is 0 Å². The molecule has 1 aromatic carbocycles. The van der Waals surface area contributed by atoms with Crippen molar-refractivity contribution in [2.45, 2.75) is 39.0 Å². The van der Waals surface area contributed by atoms with Crippen molar-refractivity contribution in [3.63, 3.8) is 0 Å². The lowest BCUT2D eigenvalue weighted by Crippen LogP contribution is -2.25. The highest BCUT2D eigenvalue weighted by Crippen LogP contribution is 2.21. The molecule has 1 rings (SSSR count). The zero-order valence-electron chi connectivity index (χ0n) is 11.7. The second-order valence-electron chi connectivity index (χ2n) is 5.26. The molecule has 0 amide bonds. The smallest absolute Gasteiger partial charge is 0.00862 e. The van der Waals surface area contributed by atoms with Crippen LogP contribution in [0.4, 0.5) is 0 Å². The van der Waals surface area contributed by atoms with E-state index in [1.165, 1.54) is 12.0 Å². The average molecular weight is 243 g/mol. The molecule has 0 aliphatic carbocycles. The Labute approximate surface area is 112 Å². The molecule has 0 spiro atoms. The molecule has 1 heteroatoms. The minimum atomic E-state index is 0.582. The van der Waals surface area contributed by atoms with Crippen molar-refractivity contribution in [3.8, 4) is 12.3 Å². The molecule has 0 aliphatic rings. The van der Waals surface area contributed by atoms with Crippen molar-refractivity contribution in [3.05, 3.63) is 35.9 Å². The molecule has 1 aromatic rings. The SMILES string of the molecule is C#CCCCC(CNCC(C)C)c1ccccc1. The van der Waals surface area contributed by atoms with Gasteiger partial charge in [-0.25, -0.2) is 0 Å². The van der Waals surface area contributed by atoms with E-state index in [-0.39, 0.29) is 0 Å². The maximum Gasteiger partial charge on any atom is 0.00862 e. The Morgan fingerprint density at radius 2 is 1.89 bits per heavy atom. The molecular formula is C17H25N. The Morgan fingerprint density at radius 3 is 2.50 bits per heavy atom. The first kappa shape index (κ1) is 14.8. The molecule has 1 nitrogen and oxygen atoms in total. The fourth-order valence-electron chi connectivity index (χ4n) is 2.11. The summed E-state index contributed by atoms with van der Waals surface area (Å²) in [6, 6.07) is 10.7. The minimum Gasteiger partial charge on any atom is -0.316 e. The fourth-order valence-corrected chi connectivity index (χ4v) is 2.11. The van der Waals surface area contributed by atoms with Gasteiger partial charge in [-0.1, -0.05) is 44.2 Å². The van der Waals surface area contributed by atoms with Gasteiger partial charge < -0.3 is 5.32 Å². The Kier molecular flexibility index (Phi) is 7.22. The highest BCUT2D eigenvalue weighted by atomic mass is 14.9. The molecule has 98 valence electrons. The lowest BCUT2D eigenvalue weighted by molar-refractivity contribution is 0.494. The molecule has 0 radical (unpaired) electrons. The van der Waals surface area contributed by atoms with E-state index < -0.39 is 0 Å². The minimum absolute atomic E-state index is 0.582. The van der Waals surface area contributed by atoms with Crippen LogP contribution < -0.4 is 5.32 Å². The number of terminal acetylenes is 1. The Hall–Kier alpha value is -1.26. The van der Waals surface area contributed by atoms with Gasteiger partial charge in [0.05, 0.1) is 0 Å². The summed E-state index contributed by atoms with van der Waals surface area (Å²) in [6.07, 6.45) is 8.49. The van der Waals surface area contributed by atoms with Gasteiger partial charge in [-0.15, -0.1) is 12.3 Å². The van der Waals surface area contributed by atoms with Crippen molar-refractivity contribution < 1.29 is 0 Å². The van der Waals surface area contributed by atoms with E-state index in [2.05, 4.69) is 55.4 Å². The van der Waals surface area contributed by atoms with E-state index in [1.807, 2.05) is 0 Å². The van der Waals surface area contributed by atoms with Crippen LogP contribution in [0.25, 0.3) is 0 Å². The second-order valence-corrected chi connectivity index (χ2v) is 5.26. The normalized spacial score (nSPS) is 12.3. The van der Waals surface area contributed by atoms with Gasteiger partial charge in [0.15, 0.2) is 0 Å². The highest BCUT2D eigenvalue weighted by Gasteiger charge is 2.10. The largest absolute Gasteiger partial charge is 0.316 e. The molecular weight excluding hydrogens is 218 g/mol. The maximum absolute atomic E-state index is 5.33. The van der Waals surface area contributed by atoms with E-state index in [1.54, 1.807) is 0 Å². The summed E-state index contributed by atoms with van der Waals surface area (Å²) < 4.78 is 0. The summed E-state index contributed by atoms with van der Waals surface area (Å²) in [4.78, 5) is 0. The number of rotatable bonds is 8. The highest BCUT2D eigenvalue weighted by molar-refractivity contribution is 5.19. The lowest BCUT2D eigenvalue weighted by Gasteiger charge is -2.18. The van der Waals surface area contributed by atoms with E-state index in [9.17, 15) is 0 Å². The first-order chi connectivity index (χ1) is 8.74. The molecule has 0 heterocycles. The monoisotopic (exact) mass is 243 g/mol. The van der Waals surface area contributed by atoms with Crippen molar-refractivity contribution in [1.29, 1.82) is 0 Å². The van der Waals surface area contributed by atoms with Crippen LogP contribution in [0.15, 0.2) is 30.3 Å². The standard InChI is InChI=1S/C17H25N/c1-4-5-7-12-17(14-18-13-15(2)3)16-10-8-6-9-11-16/h1,6,8-11,15,17-18H,5,7,12-14H2,2-3H3. The zero-order chi connectivity index (χ0) is 13.2. The quantitative estimate of drug-likeness (QED) is 0.540. The Balaban J connectivity index is 2.50.